The maximum absolute atomic E-state index is 13.4. The number of halogens is 4. The second-order valence-electron chi connectivity index (χ2n) is 3.51. The second kappa shape index (κ2) is 4.71. The van der Waals surface area contributed by atoms with Gasteiger partial charge in [-0.1, -0.05) is 0 Å². The summed E-state index contributed by atoms with van der Waals surface area (Å²) in [5, 5.41) is 3.75. The molecule has 0 aliphatic heterocycles. The Balaban J connectivity index is 2.07. The third-order valence-corrected chi connectivity index (χ3v) is 3.17. The van der Waals surface area contributed by atoms with Crippen molar-refractivity contribution < 1.29 is 17.6 Å². The number of pyridine rings is 1. The third-order valence-electron chi connectivity index (χ3n) is 2.25. The molecule has 0 unspecified atom stereocenters. The van der Waals surface area contributed by atoms with E-state index in [1.54, 1.807) is 6.07 Å². The molecule has 0 fully saturated rings. The van der Waals surface area contributed by atoms with Gasteiger partial charge in [0.1, 0.15) is 0 Å². The Bertz CT molecular complexity index is 746. The first-order valence-corrected chi connectivity index (χ1v) is 5.93. The molecule has 0 saturated heterocycles. The standard InChI is InChI=1S/C10H3F4N5S/c11-4-6(5(12)8(14)16-7(4)13)20-10-17-9-15-2-1-3-19(9)18-10/h1-3H. The van der Waals surface area contributed by atoms with Crippen molar-refractivity contribution in [2.24, 2.45) is 0 Å². The van der Waals surface area contributed by atoms with Gasteiger partial charge in [-0.05, 0) is 17.8 Å². The lowest BCUT2D eigenvalue weighted by Gasteiger charge is -2.02. The molecule has 3 aromatic heterocycles. The fourth-order valence-corrected chi connectivity index (χ4v) is 2.19. The number of rotatable bonds is 2. The Kier molecular flexibility index (Phi) is 3.01. The largest absolute Gasteiger partial charge is 0.253 e. The van der Waals surface area contributed by atoms with E-state index in [1.165, 1.54) is 16.9 Å². The summed E-state index contributed by atoms with van der Waals surface area (Å²) in [6, 6.07) is 1.57. The zero-order valence-electron chi connectivity index (χ0n) is 9.39. The zero-order valence-corrected chi connectivity index (χ0v) is 10.2. The van der Waals surface area contributed by atoms with E-state index >= 15 is 0 Å². The summed E-state index contributed by atoms with van der Waals surface area (Å²) in [6.07, 6.45) is 2.96. The van der Waals surface area contributed by atoms with E-state index in [4.69, 9.17) is 0 Å². The molecular formula is C10H3F4N5S. The first-order chi connectivity index (χ1) is 9.56. The Labute approximate surface area is 112 Å². The molecule has 0 atom stereocenters. The quantitative estimate of drug-likeness (QED) is 0.536. The van der Waals surface area contributed by atoms with Crippen LogP contribution in [0.25, 0.3) is 5.78 Å². The molecule has 0 bridgehead atoms. The minimum atomic E-state index is -1.73. The highest BCUT2D eigenvalue weighted by molar-refractivity contribution is 7.99. The van der Waals surface area contributed by atoms with E-state index in [1.807, 2.05) is 0 Å². The Morgan fingerprint density at radius 2 is 1.70 bits per heavy atom. The van der Waals surface area contributed by atoms with E-state index in [9.17, 15) is 17.6 Å². The molecule has 3 aromatic rings. The maximum Gasteiger partial charge on any atom is 0.253 e. The molecule has 0 amide bonds. The van der Waals surface area contributed by atoms with Crippen LogP contribution < -0.4 is 0 Å². The predicted molar refractivity (Wildman–Crippen MR) is 59.0 cm³/mol. The Morgan fingerprint density at radius 1 is 1.00 bits per heavy atom. The second-order valence-corrected chi connectivity index (χ2v) is 4.49. The van der Waals surface area contributed by atoms with Crippen LogP contribution in [0.15, 0.2) is 28.5 Å². The summed E-state index contributed by atoms with van der Waals surface area (Å²) in [5.74, 6) is -6.46. The summed E-state index contributed by atoms with van der Waals surface area (Å²) < 4.78 is 54.1. The van der Waals surface area contributed by atoms with Crippen molar-refractivity contribution in [3.63, 3.8) is 0 Å². The minimum Gasteiger partial charge on any atom is -0.220 e. The van der Waals surface area contributed by atoms with Crippen LogP contribution in [0, 0.1) is 23.5 Å². The molecule has 0 aliphatic rings. The van der Waals surface area contributed by atoms with Gasteiger partial charge in [-0.2, -0.15) is 18.7 Å². The number of aromatic nitrogens is 5. The number of hydrogen-bond acceptors (Lipinski definition) is 5. The van der Waals surface area contributed by atoms with E-state index in [-0.39, 0.29) is 10.9 Å². The van der Waals surface area contributed by atoms with Crippen molar-refractivity contribution in [2.75, 3.05) is 0 Å². The molecule has 5 nitrogen and oxygen atoms in total. The average Bonchev–Trinajstić information content (AvgIpc) is 2.84. The molecule has 0 aliphatic carbocycles. The lowest BCUT2D eigenvalue weighted by Crippen LogP contribution is -2.02. The summed E-state index contributed by atoms with van der Waals surface area (Å²) in [6.45, 7) is 0. The summed E-state index contributed by atoms with van der Waals surface area (Å²) in [7, 11) is 0. The van der Waals surface area contributed by atoms with Gasteiger partial charge in [-0.25, -0.2) is 18.3 Å². The number of fused-ring (bicyclic) bond motifs is 1. The van der Waals surface area contributed by atoms with Gasteiger partial charge in [0.05, 0.1) is 4.90 Å². The molecule has 3 heterocycles. The SMILES string of the molecule is Fc1nc(F)c(F)c(Sc2nc3ncccn3n2)c1F. The van der Waals surface area contributed by atoms with Crippen molar-refractivity contribution in [1.29, 1.82) is 0 Å². The molecule has 0 radical (unpaired) electrons. The van der Waals surface area contributed by atoms with Gasteiger partial charge in [0.25, 0.3) is 17.7 Å². The van der Waals surface area contributed by atoms with Crippen LogP contribution in [0.1, 0.15) is 0 Å². The van der Waals surface area contributed by atoms with Crippen molar-refractivity contribution in [3.8, 4) is 0 Å². The molecular weight excluding hydrogens is 298 g/mol. The topological polar surface area (TPSA) is 56.0 Å². The monoisotopic (exact) mass is 301 g/mol. The van der Waals surface area contributed by atoms with Crippen LogP contribution in [0.3, 0.4) is 0 Å². The van der Waals surface area contributed by atoms with Gasteiger partial charge >= 0.3 is 0 Å². The Hall–Kier alpha value is -2.23. The highest BCUT2D eigenvalue weighted by Crippen LogP contribution is 2.31. The smallest absolute Gasteiger partial charge is 0.220 e. The normalized spacial score (nSPS) is 11.2. The number of hydrogen-bond donors (Lipinski definition) is 0. The molecule has 20 heavy (non-hydrogen) atoms. The van der Waals surface area contributed by atoms with Gasteiger partial charge in [0.2, 0.25) is 5.16 Å². The van der Waals surface area contributed by atoms with Gasteiger partial charge in [-0.15, -0.1) is 5.10 Å². The van der Waals surface area contributed by atoms with Crippen molar-refractivity contribution in [1.82, 2.24) is 24.6 Å². The molecule has 0 aromatic carbocycles. The molecule has 0 spiro atoms. The van der Waals surface area contributed by atoms with E-state index in [0.29, 0.717) is 11.8 Å². The van der Waals surface area contributed by atoms with Crippen LogP contribution in [0.4, 0.5) is 17.6 Å². The summed E-state index contributed by atoms with van der Waals surface area (Å²) in [5.41, 5.74) is 0. The van der Waals surface area contributed by atoms with E-state index in [0.717, 1.165) is 0 Å². The zero-order chi connectivity index (χ0) is 14.3. The maximum atomic E-state index is 13.4. The first kappa shape index (κ1) is 12.8. The van der Waals surface area contributed by atoms with E-state index < -0.39 is 28.4 Å². The van der Waals surface area contributed by atoms with Crippen molar-refractivity contribution >= 4 is 17.5 Å². The van der Waals surface area contributed by atoms with Crippen molar-refractivity contribution in [2.45, 2.75) is 10.1 Å². The molecule has 10 heteroatoms. The number of nitrogens with zero attached hydrogens (tertiary/aromatic N) is 5. The lowest BCUT2D eigenvalue weighted by molar-refractivity contribution is 0.383. The lowest BCUT2D eigenvalue weighted by atomic mass is 10.4. The minimum absolute atomic E-state index is 0.105. The Morgan fingerprint density at radius 3 is 2.35 bits per heavy atom. The fourth-order valence-electron chi connectivity index (χ4n) is 1.41. The molecule has 0 N–H and O–H groups in total. The van der Waals surface area contributed by atoms with Crippen LogP contribution in [-0.2, 0) is 0 Å². The molecule has 0 saturated carbocycles. The van der Waals surface area contributed by atoms with Crippen LogP contribution in [-0.4, -0.2) is 24.6 Å². The highest BCUT2D eigenvalue weighted by Gasteiger charge is 2.23. The van der Waals surface area contributed by atoms with Gasteiger partial charge in [0.15, 0.2) is 11.6 Å². The molecule has 102 valence electrons. The van der Waals surface area contributed by atoms with Gasteiger partial charge in [-0.3, -0.25) is 0 Å². The third kappa shape index (κ3) is 2.07. The van der Waals surface area contributed by atoms with Crippen LogP contribution in [0.2, 0.25) is 0 Å². The fraction of sp³-hybridized carbons (Fsp3) is 0. The van der Waals surface area contributed by atoms with Gasteiger partial charge < -0.3 is 0 Å². The average molecular weight is 301 g/mol. The van der Waals surface area contributed by atoms with Crippen LogP contribution in [0.5, 0.6) is 0 Å². The molecule has 3 rings (SSSR count). The van der Waals surface area contributed by atoms with Crippen LogP contribution >= 0.6 is 11.8 Å². The van der Waals surface area contributed by atoms with Crippen molar-refractivity contribution in [3.05, 3.63) is 42.0 Å². The van der Waals surface area contributed by atoms with Gasteiger partial charge in [0, 0.05) is 12.4 Å². The van der Waals surface area contributed by atoms with E-state index in [2.05, 4.69) is 20.1 Å². The predicted octanol–water partition coefficient (Wildman–Crippen LogP) is 2.23. The summed E-state index contributed by atoms with van der Waals surface area (Å²) >= 11 is 0.342. The highest BCUT2D eigenvalue weighted by atomic mass is 32.2. The first-order valence-electron chi connectivity index (χ1n) is 5.11. The summed E-state index contributed by atoms with van der Waals surface area (Å²) in [4.78, 5) is 9.27.